The van der Waals surface area contributed by atoms with Crippen molar-refractivity contribution in [1.82, 2.24) is 10.2 Å². The number of hydrogen-bond acceptors (Lipinski definition) is 6. The third kappa shape index (κ3) is 2.89. The van der Waals surface area contributed by atoms with E-state index in [9.17, 15) is 4.79 Å². The topological polar surface area (TPSA) is 74.5 Å². The van der Waals surface area contributed by atoms with E-state index in [-0.39, 0.29) is 12.4 Å². The summed E-state index contributed by atoms with van der Waals surface area (Å²) >= 11 is 0. The van der Waals surface area contributed by atoms with E-state index in [0.29, 0.717) is 35.3 Å². The van der Waals surface area contributed by atoms with Crippen molar-refractivity contribution < 1.29 is 18.7 Å². The second-order valence-corrected chi connectivity index (χ2v) is 5.62. The summed E-state index contributed by atoms with van der Waals surface area (Å²) < 4.78 is 16.7. The molecule has 0 amide bonds. The van der Waals surface area contributed by atoms with Gasteiger partial charge in [-0.15, -0.1) is 10.2 Å². The summed E-state index contributed by atoms with van der Waals surface area (Å²) in [4.78, 5) is 12.0. The summed E-state index contributed by atoms with van der Waals surface area (Å²) in [6, 6.07) is 5.18. The van der Waals surface area contributed by atoms with Crippen LogP contribution in [0, 0.1) is 6.92 Å². The molecule has 0 saturated heterocycles. The van der Waals surface area contributed by atoms with E-state index in [1.165, 1.54) is 0 Å². The Morgan fingerprint density at radius 1 is 1.33 bits per heavy atom. The average Bonchev–Trinajstić information content (AvgIpc) is 2.80. The van der Waals surface area contributed by atoms with Gasteiger partial charge < -0.3 is 13.9 Å². The number of aromatic nitrogens is 2. The number of ether oxygens (including phenoxy) is 2. The van der Waals surface area contributed by atoms with Crippen LogP contribution in [0.15, 0.2) is 22.6 Å². The molecule has 1 aliphatic heterocycles. The zero-order valence-corrected chi connectivity index (χ0v) is 12.2. The van der Waals surface area contributed by atoms with E-state index in [1.54, 1.807) is 25.1 Å². The number of nitrogens with zero attached hydrogens (tertiary/aromatic N) is 2. The number of carbonyl (C=O) groups is 1. The smallest absolute Gasteiger partial charge is 0.253 e. The lowest BCUT2D eigenvalue weighted by Gasteiger charge is -2.31. The van der Waals surface area contributed by atoms with Gasteiger partial charge in [0, 0.05) is 13.0 Å². The van der Waals surface area contributed by atoms with Crippen LogP contribution in [0.1, 0.15) is 42.4 Å². The molecular formula is C15H16N2O4. The van der Waals surface area contributed by atoms with Crippen LogP contribution in [0.5, 0.6) is 11.5 Å². The minimum atomic E-state index is -0.494. The molecule has 21 heavy (non-hydrogen) atoms. The zero-order chi connectivity index (χ0) is 15.0. The number of rotatable bonds is 3. The van der Waals surface area contributed by atoms with Gasteiger partial charge in [0.15, 0.2) is 12.4 Å². The maximum absolute atomic E-state index is 12.0. The van der Waals surface area contributed by atoms with Gasteiger partial charge in [-0.2, -0.15) is 0 Å². The summed E-state index contributed by atoms with van der Waals surface area (Å²) in [5.41, 5.74) is 0.0991. The van der Waals surface area contributed by atoms with E-state index >= 15 is 0 Å². The first-order chi connectivity index (χ1) is 9.93. The van der Waals surface area contributed by atoms with Crippen molar-refractivity contribution in [1.29, 1.82) is 0 Å². The van der Waals surface area contributed by atoms with Crippen LogP contribution in [0.4, 0.5) is 0 Å². The van der Waals surface area contributed by atoms with Crippen molar-refractivity contribution in [2.45, 2.75) is 39.4 Å². The maximum atomic E-state index is 12.0. The predicted molar refractivity (Wildman–Crippen MR) is 73.5 cm³/mol. The molecule has 1 aliphatic rings. The van der Waals surface area contributed by atoms with Gasteiger partial charge in [0.05, 0.1) is 12.0 Å². The number of ketones is 1. The molecule has 0 spiro atoms. The lowest BCUT2D eigenvalue weighted by Crippen LogP contribution is -2.35. The Labute approximate surface area is 122 Å². The molecule has 0 atom stereocenters. The highest BCUT2D eigenvalue weighted by Crippen LogP contribution is 2.35. The second kappa shape index (κ2) is 4.87. The Morgan fingerprint density at radius 3 is 2.86 bits per heavy atom. The van der Waals surface area contributed by atoms with Gasteiger partial charge in [-0.3, -0.25) is 4.79 Å². The van der Waals surface area contributed by atoms with Crippen LogP contribution in [0.2, 0.25) is 0 Å². The van der Waals surface area contributed by atoms with Crippen molar-refractivity contribution in [3.63, 3.8) is 0 Å². The highest BCUT2D eigenvalue weighted by Gasteiger charge is 2.32. The summed E-state index contributed by atoms with van der Waals surface area (Å²) in [5, 5.41) is 7.59. The molecule has 0 fully saturated rings. The Balaban J connectivity index is 1.78. The molecule has 1 aromatic carbocycles. The van der Waals surface area contributed by atoms with Crippen molar-refractivity contribution >= 4 is 5.78 Å². The second-order valence-electron chi connectivity index (χ2n) is 5.62. The van der Waals surface area contributed by atoms with Crippen molar-refractivity contribution in [2.24, 2.45) is 0 Å². The average molecular weight is 288 g/mol. The van der Waals surface area contributed by atoms with Gasteiger partial charge >= 0.3 is 0 Å². The predicted octanol–water partition coefficient (Wildman–Crippen LogP) is 2.70. The normalized spacial score (nSPS) is 16.2. The Kier molecular flexibility index (Phi) is 3.16. The fraction of sp³-hybridized carbons (Fsp3) is 0.400. The third-order valence-corrected chi connectivity index (χ3v) is 3.16. The van der Waals surface area contributed by atoms with Crippen LogP contribution >= 0.6 is 0 Å². The quantitative estimate of drug-likeness (QED) is 0.864. The number of hydrogen-bond donors (Lipinski definition) is 0. The maximum Gasteiger partial charge on any atom is 0.253 e. The first-order valence-electron chi connectivity index (χ1n) is 6.71. The fourth-order valence-electron chi connectivity index (χ4n) is 2.26. The molecule has 0 N–H and O–H groups in total. The van der Waals surface area contributed by atoms with Crippen LogP contribution in [0.3, 0.4) is 0 Å². The van der Waals surface area contributed by atoms with Crippen molar-refractivity contribution in [3.8, 4) is 11.5 Å². The molecule has 3 rings (SSSR count). The third-order valence-electron chi connectivity index (χ3n) is 3.16. The molecule has 2 aromatic rings. The monoisotopic (exact) mass is 288 g/mol. The molecule has 0 bridgehead atoms. The number of Topliss-reactive ketones (excluding diaryl/α,β-unsaturated/α-hetero) is 1. The Morgan fingerprint density at radius 2 is 2.14 bits per heavy atom. The summed E-state index contributed by atoms with van der Waals surface area (Å²) in [7, 11) is 0. The van der Waals surface area contributed by atoms with Gasteiger partial charge in [0.2, 0.25) is 5.89 Å². The molecule has 1 aromatic heterocycles. The number of carbonyl (C=O) groups excluding carboxylic acids is 1. The van der Waals surface area contributed by atoms with E-state index in [1.807, 2.05) is 13.8 Å². The Bertz CT molecular complexity index is 691. The summed E-state index contributed by atoms with van der Waals surface area (Å²) in [6.45, 7) is 5.68. The van der Waals surface area contributed by atoms with Gasteiger partial charge in [0.25, 0.3) is 5.89 Å². The van der Waals surface area contributed by atoms with Crippen LogP contribution in [-0.4, -0.2) is 21.6 Å². The molecule has 6 heteroatoms. The summed E-state index contributed by atoms with van der Waals surface area (Å²) in [6.07, 6.45) is 0.376. The zero-order valence-electron chi connectivity index (χ0n) is 12.2. The van der Waals surface area contributed by atoms with Gasteiger partial charge in [-0.1, -0.05) is 0 Å². The highest BCUT2D eigenvalue weighted by molar-refractivity contribution is 6.00. The van der Waals surface area contributed by atoms with Gasteiger partial charge in [-0.25, -0.2) is 0 Å². The lowest BCUT2D eigenvalue weighted by molar-refractivity contribution is 0.0618. The van der Waals surface area contributed by atoms with E-state index in [0.717, 1.165) is 0 Å². The van der Waals surface area contributed by atoms with Gasteiger partial charge in [-0.05, 0) is 26.0 Å². The first kappa shape index (κ1) is 13.6. The van der Waals surface area contributed by atoms with Crippen molar-refractivity contribution in [3.05, 3.63) is 35.5 Å². The van der Waals surface area contributed by atoms with Crippen molar-refractivity contribution in [2.75, 3.05) is 0 Å². The van der Waals surface area contributed by atoms with E-state index in [2.05, 4.69) is 10.2 Å². The lowest BCUT2D eigenvalue weighted by atomic mass is 9.93. The van der Waals surface area contributed by atoms with Crippen LogP contribution in [-0.2, 0) is 6.61 Å². The molecule has 0 unspecified atom stereocenters. The molecular weight excluding hydrogens is 272 g/mol. The molecule has 0 radical (unpaired) electrons. The largest absolute Gasteiger partial charge is 0.486 e. The molecule has 110 valence electrons. The summed E-state index contributed by atoms with van der Waals surface area (Å²) in [5.74, 6) is 2.13. The van der Waals surface area contributed by atoms with E-state index in [4.69, 9.17) is 13.9 Å². The minimum absolute atomic E-state index is 0.0836. The van der Waals surface area contributed by atoms with E-state index < -0.39 is 5.60 Å². The molecule has 0 aliphatic carbocycles. The van der Waals surface area contributed by atoms with Crippen LogP contribution in [0.25, 0.3) is 0 Å². The number of fused-ring (bicyclic) bond motifs is 1. The standard InChI is InChI=1S/C15H16N2O4/c1-9-16-17-14(20-9)8-19-10-4-5-11-12(18)7-15(2,3)21-13(11)6-10/h4-6H,7-8H2,1-3H3. The SMILES string of the molecule is Cc1nnc(COc2ccc3c(c2)OC(C)(C)CC3=O)o1. The van der Waals surface area contributed by atoms with Gasteiger partial charge in [0.1, 0.15) is 17.1 Å². The highest BCUT2D eigenvalue weighted by atomic mass is 16.5. The molecule has 0 saturated carbocycles. The number of benzene rings is 1. The first-order valence-corrected chi connectivity index (χ1v) is 6.71. The Hall–Kier alpha value is -2.37. The molecule has 2 heterocycles. The minimum Gasteiger partial charge on any atom is -0.486 e. The number of aryl methyl sites for hydroxylation is 1. The molecule has 6 nitrogen and oxygen atoms in total. The van der Waals surface area contributed by atoms with Crippen LogP contribution < -0.4 is 9.47 Å². The fourth-order valence-corrected chi connectivity index (χ4v) is 2.26.